The number of amides is 1. The normalized spacial score (nSPS) is 17.0. The summed E-state index contributed by atoms with van der Waals surface area (Å²) in [4.78, 5) is 13.8. The lowest BCUT2D eigenvalue weighted by Gasteiger charge is -2.38. The number of hydrogen-bond acceptors (Lipinski definition) is 3. The topological polar surface area (TPSA) is 38.8 Å². The van der Waals surface area contributed by atoms with E-state index in [0.717, 1.165) is 0 Å². The van der Waals surface area contributed by atoms with Crippen LogP contribution in [0.1, 0.15) is 39.2 Å². The molecule has 0 spiro atoms. The molecule has 1 amide bonds. The fraction of sp³-hybridized carbons (Fsp3) is 0.526. The first-order chi connectivity index (χ1) is 11.2. The zero-order valence-corrected chi connectivity index (χ0v) is 14.7. The maximum atomic E-state index is 13.2. The highest BCUT2D eigenvalue weighted by molar-refractivity contribution is 5.68. The Labute approximate surface area is 142 Å². The molecule has 0 aromatic heterocycles. The van der Waals surface area contributed by atoms with Crippen molar-refractivity contribution >= 4 is 6.09 Å². The van der Waals surface area contributed by atoms with Crippen LogP contribution in [-0.4, -0.2) is 42.4 Å². The largest absolute Gasteiger partial charge is 0.444 e. The lowest BCUT2D eigenvalue weighted by Crippen LogP contribution is -2.48. The number of methoxy groups -OCH3 is 1. The molecule has 1 aromatic rings. The molecule has 1 fully saturated rings. The van der Waals surface area contributed by atoms with Gasteiger partial charge in [-0.05, 0) is 39.0 Å². The van der Waals surface area contributed by atoms with Gasteiger partial charge in [-0.3, -0.25) is 0 Å². The van der Waals surface area contributed by atoms with Crippen LogP contribution in [0.3, 0.4) is 0 Å². The third-order valence-electron chi connectivity index (χ3n) is 3.87. The number of ether oxygens (including phenoxy) is 2. The van der Waals surface area contributed by atoms with E-state index in [1.807, 2.05) is 20.8 Å². The molecule has 1 aliphatic rings. The lowest BCUT2D eigenvalue weighted by molar-refractivity contribution is -0.0251. The molecule has 0 unspecified atom stereocenters. The molecular formula is C19H24FNO3. The van der Waals surface area contributed by atoms with Crippen molar-refractivity contribution in [2.45, 2.75) is 44.8 Å². The third-order valence-corrected chi connectivity index (χ3v) is 3.87. The van der Waals surface area contributed by atoms with Crippen LogP contribution in [0.25, 0.3) is 0 Å². The second kappa shape index (κ2) is 7.23. The summed E-state index contributed by atoms with van der Waals surface area (Å²) >= 11 is 0. The number of carbonyl (C=O) groups is 1. The Kier molecular flexibility index (Phi) is 5.51. The van der Waals surface area contributed by atoms with Crippen molar-refractivity contribution < 1.29 is 18.7 Å². The van der Waals surface area contributed by atoms with E-state index in [1.165, 1.54) is 12.1 Å². The fourth-order valence-electron chi connectivity index (χ4n) is 2.51. The average molecular weight is 333 g/mol. The molecule has 0 radical (unpaired) electrons. The van der Waals surface area contributed by atoms with Crippen molar-refractivity contribution in [2.24, 2.45) is 0 Å². The van der Waals surface area contributed by atoms with E-state index < -0.39 is 11.2 Å². The number of piperidine rings is 1. The molecule has 5 heteroatoms. The highest BCUT2D eigenvalue weighted by Gasteiger charge is 2.36. The maximum absolute atomic E-state index is 13.2. The van der Waals surface area contributed by atoms with E-state index in [1.54, 1.807) is 24.1 Å². The van der Waals surface area contributed by atoms with Gasteiger partial charge in [0.2, 0.25) is 0 Å². The Morgan fingerprint density at radius 1 is 1.29 bits per heavy atom. The highest BCUT2D eigenvalue weighted by atomic mass is 19.1. The van der Waals surface area contributed by atoms with E-state index in [4.69, 9.17) is 9.47 Å². The molecule has 0 aliphatic carbocycles. The molecule has 0 saturated carbocycles. The first-order valence-corrected chi connectivity index (χ1v) is 8.05. The molecule has 4 nitrogen and oxygen atoms in total. The van der Waals surface area contributed by atoms with Crippen LogP contribution in [0.5, 0.6) is 0 Å². The molecular weight excluding hydrogens is 309 g/mol. The van der Waals surface area contributed by atoms with Crippen molar-refractivity contribution in [3.05, 3.63) is 35.6 Å². The minimum atomic E-state index is -0.620. The quantitative estimate of drug-likeness (QED) is 0.737. The van der Waals surface area contributed by atoms with Gasteiger partial charge < -0.3 is 14.4 Å². The maximum Gasteiger partial charge on any atom is 0.410 e. The zero-order chi connectivity index (χ0) is 17.8. The number of rotatable bonds is 1. The number of hydrogen-bond donors (Lipinski definition) is 0. The summed E-state index contributed by atoms with van der Waals surface area (Å²) in [5.41, 5.74) is -0.518. The summed E-state index contributed by atoms with van der Waals surface area (Å²) in [5.74, 6) is 5.79. The summed E-state index contributed by atoms with van der Waals surface area (Å²) in [6.45, 7) is 6.57. The Balaban J connectivity index is 2.03. The molecule has 0 bridgehead atoms. The minimum absolute atomic E-state index is 0.312. The second-order valence-electron chi connectivity index (χ2n) is 6.93. The van der Waals surface area contributed by atoms with Crippen LogP contribution in [0.4, 0.5) is 9.18 Å². The lowest BCUT2D eigenvalue weighted by atomic mass is 9.91. The van der Waals surface area contributed by atoms with E-state index in [2.05, 4.69) is 11.8 Å². The molecule has 0 N–H and O–H groups in total. The number of nitrogens with zero attached hydrogens (tertiary/aromatic N) is 1. The summed E-state index contributed by atoms with van der Waals surface area (Å²) < 4.78 is 24.2. The van der Waals surface area contributed by atoms with E-state index in [0.29, 0.717) is 31.5 Å². The minimum Gasteiger partial charge on any atom is -0.444 e. The van der Waals surface area contributed by atoms with E-state index >= 15 is 0 Å². The summed E-state index contributed by atoms with van der Waals surface area (Å²) in [5, 5.41) is 0. The van der Waals surface area contributed by atoms with Gasteiger partial charge in [-0.1, -0.05) is 17.9 Å². The van der Waals surface area contributed by atoms with Gasteiger partial charge >= 0.3 is 6.09 Å². The molecule has 0 atom stereocenters. The van der Waals surface area contributed by atoms with Crippen molar-refractivity contribution in [3.63, 3.8) is 0 Å². The number of likely N-dealkylation sites (tertiary alicyclic amines) is 1. The molecule has 130 valence electrons. The Bertz CT molecular complexity index is 647. The molecule has 1 aromatic carbocycles. The standard InChI is InChI=1S/C19H24FNO3/c1-18(2,3)24-17(22)21-12-10-19(23-4,11-13-21)9-8-15-6-5-7-16(20)14-15/h5-7,14H,10-13H2,1-4H3. The number of halogens is 1. The smallest absolute Gasteiger partial charge is 0.410 e. The van der Waals surface area contributed by atoms with E-state index in [-0.39, 0.29) is 11.9 Å². The van der Waals surface area contributed by atoms with Gasteiger partial charge in [-0.2, -0.15) is 0 Å². The van der Waals surface area contributed by atoms with Crippen molar-refractivity contribution in [2.75, 3.05) is 20.2 Å². The van der Waals surface area contributed by atoms with Crippen molar-refractivity contribution in [1.82, 2.24) is 4.90 Å². The van der Waals surface area contributed by atoms with Crippen LogP contribution in [0.2, 0.25) is 0 Å². The Morgan fingerprint density at radius 2 is 1.96 bits per heavy atom. The fourth-order valence-corrected chi connectivity index (χ4v) is 2.51. The molecule has 1 aliphatic heterocycles. The second-order valence-corrected chi connectivity index (χ2v) is 6.93. The van der Waals surface area contributed by atoms with Gasteiger partial charge in [-0.25, -0.2) is 9.18 Å². The average Bonchev–Trinajstić information content (AvgIpc) is 2.52. The van der Waals surface area contributed by atoms with Gasteiger partial charge in [-0.15, -0.1) is 0 Å². The summed E-state index contributed by atoms with van der Waals surface area (Å²) in [6, 6.07) is 6.17. The number of benzene rings is 1. The van der Waals surface area contributed by atoms with E-state index in [9.17, 15) is 9.18 Å². The van der Waals surface area contributed by atoms with Crippen LogP contribution >= 0.6 is 0 Å². The van der Waals surface area contributed by atoms with Gasteiger partial charge in [0.15, 0.2) is 0 Å². The first-order valence-electron chi connectivity index (χ1n) is 8.05. The van der Waals surface area contributed by atoms with Gasteiger partial charge in [0, 0.05) is 38.6 Å². The summed E-state index contributed by atoms with van der Waals surface area (Å²) in [7, 11) is 1.61. The molecule has 1 heterocycles. The zero-order valence-electron chi connectivity index (χ0n) is 14.7. The molecule has 2 rings (SSSR count). The predicted octanol–water partition coefficient (Wildman–Crippen LogP) is 3.59. The van der Waals surface area contributed by atoms with Gasteiger partial charge in [0.1, 0.15) is 17.0 Å². The van der Waals surface area contributed by atoms with Crippen LogP contribution in [0.15, 0.2) is 24.3 Å². The number of carbonyl (C=O) groups excluding carboxylic acids is 1. The van der Waals surface area contributed by atoms with Crippen LogP contribution in [-0.2, 0) is 9.47 Å². The third kappa shape index (κ3) is 4.97. The summed E-state index contributed by atoms with van der Waals surface area (Å²) in [6.07, 6.45) is 0.862. The molecule has 24 heavy (non-hydrogen) atoms. The van der Waals surface area contributed by atoms with Crippen molar-refractivity contribution in [1.29, 1.82) is 0 Å². The van der Waals surface area contributed by atoms with Crippen molar-refractivity contribution in [3.8, 4) is 11.8 Å². The van der Waals surface area contributed by atoms with Crippen LogP contribution < -0.4 is 0 Å². The van der Waals surface area contributed by atoms with Gasteiger partial charge in [0.25, 0.3) is 0 Å². The predicted molar refractivity (Wildman–Crippen MR) is 90.1 cm³/mol. The molecule has 1 saturated heterocycles. The van der Waals surface area contributed by atoms with Crippen LogP contribution in [0, 0.1) is 17.7 Å². The monoisotopic (exact) mass is 333 g/mol. The highest BCUT2D eigenvalue weighted by Crippen LogP contribution is 2.26. The van der Waals surface area contributed by atoms with Gasteiger partial charge in [0.05, 0.1) is 0 Å². The SMILES string of the molecule is COC1(C#Cc2cccc(F)c2)CCN(C(=O)OC(C)(C)C)CC1. The Morgan fingerprint density at radius 3 is 2.50 bits per heavy atom. The Hall–Kier alpha value is -2.06. The first kappa shape index (κ1) is 18.3.